The molecule has 0 aliphatic rings. The second-order valence-electron chi connectivity index (χ2n) is 5.98. The lowest BCUT2D eigenvalue weighted by molar-refractivity contribution is -0.142. The Labute approximate surface area is 154 Å². The third-order valence-electron chi connectivity index (χ3n) is 3.55. The van der Waals surface area contributed by atoms with Gasteiger partial charge in [0.1, 0.15) is 6.10 Å². The molecular formula is C18H19F3N2O4. The van der Waals surface area contributed by atoms with Crippen LogP contribution in [0.1, 0.15) is 42.5 Å². The Bertz CT molecular complexity index is 809. The fourth-order valence-electron chi connectivity index (χ4n) is 2.34. The molecule has 27 heavy (non-hydrogen) atoms. The molecule has 2 aromatic rings. The van der Waals surface area contributed by atoms with Gasteiger partial charge in [0.2, 0.25) is 0 Å². The topological polar surface area (TPSA) is 81.5 Å². The molecule has 1 aromatic heterocycles. The van der Waals surface area contributed by atoms with Gasteiger partial charge in [-0.15, -0.1) is 0 Å². The fraction of sp³-hybridized carbons (Fsp3) is 0.389. The van der Waals surface area contributed by atoms with E-state index in [2.05, 4.69) is 14.7 Å². The van der Waals surface area contributed by atoms with E-state index in [1.807, 2.05) is 0 Å². The van der Waals surface area contributed by atoms with E-state index < -0.39 is 36.1 Å². The van der Waals surface area contributed by atoms with Crippen LogP contribution in [0.4, 0.5) is 13.2 Å². The number of halogens is 3. The third kappa shape index (κ3) is 5.40. The minimum atomic E-state index is -4.74. The van der Waals surface area contributed by atoms with Crippen molar-refractivity contribution in [3.8, 4) is 6.01 Å². The largest absolute Gasteiger partial charge is 0.469 e. The van der Waals surface area contributed by atoms with Gasteiger partial charge in [0.15, 0.2) is 5.69 Å². The summed E-state index contributed by atoms with van der Waals surface area (Å²) in [6.45, 7) is 3.23. The fourth-order valence-corrected chi connectivity index (χ4v) is 2.34. The van der Waals surface area contributed by atoms with Crippen LogP contribution >= 0.6 is 0 Å². The number of rotatable bonds is 6. The Morgan fingerprint density at radius 3 is 2.48 bits per heavy atom. The number of aliphatic hydroxyl groups excluding tert-OH is 1. The molecule has 0 radical (unpaired) electrons. The summed E-state index contributed by atoms with van der Waals surface area (Å²) in [4.78, 5) is 18.8. The summed E-state index contributed by atoms with van der Waals surface area (Å²) in [5.74, 6) is -0.544. The van der Waals surface area contributed by atoms with E-state index in [0.29, 0.717) is 11.6 Å². The molecule has 1 atom stereocenters. The van der Waals surface area contributed by atoms with E-state index in [4.69, 9.17) is 4.74 Å². The average Bonchev–Trinajstić information content (AvgIpc) is 2.60. The van der Waals surface area contributed by atoms with Crippen LogP contribution in [0.15, 0.2) is 30.3 Å². The molecule has 1 unspecified atom stereocenters. The van der Waals surface area contributed by atoms with Gasteiger partial charge in [-0.3, -0.25) is 4.79 Å². The first-order valence-corrected chi connectivity index (χ1v) is 8.07. The number of carbonyl (C=O) groups is 1. The molecule has 0 amide bonds. The standard InChI is InChI=1S/C18H19F3N2O4/c1-10(2)27-17-22-13(9-14(23-17)18(19,20)21)16(25)12-7-5-4-6-11(12)8-15(24)26-3/h4-7,9-10,16,25H,8H2,1-3H3. The molecule has 6 nitrogen and oxygen atoms in total. The van der Waals surface area contributed by atoms with E-state index in [1.165, 1.54) is 13.2 Å². The van der Waals surface area contributed by atoms with Crippen molar-refractivity contribution in [1.29, 1.82) is 0 Å². The summed E-state index contributed by atoms with van der Waals surface area (Å²) in [5, 5.41) is 10.6. The van der Waals surface area contributed by atoms with E-state index in [1.54, 1.807) is 32.0 Å². The van der Waals surface area contributed by atoms with Crippen LogP contribution in [0, 0.1) is 0 Å². The number of nitrogens with zero attached hydrogens (tertiary/aromatic N) is 2. The lowest BCUT2D eigenvalue weighted by atomic mass is 9.97. The van der Waals surface area contributed by atoms with Crippen molar-refractivity contribution in [2.45, 2.75) is 38.7 Å². The number of aromatic nitrogens is 2. The van der Waals surface area contributed by atoms with Gasteiger partial charge in [0, 0.05) is 0 Å². The first kappa shape index (κ1) is 20.6. The van der Waals surface area contributed by atoms with Crippen LogP contribution in [0.5, 0.6) is 6.01 Å². The zero-order valence-electron chi connectivity index (χ0n) is 14.9. The molecule has 1 aromatic carbocycles. The van der Waals surface area contributed by atoms with Crippen LogP contribution in [-0.4, -0.2) is 34.3 Å². The van der Waals surface area contributed by atoms with Gasteiger partial charge in [0.25, 0.3) is 0 Å². The van der Waals surface area contributed by atoms with Gasteiger partial charge in [-0.25, -0.2) is 0 Å². The molecule has 0 bridgehead atoms. The molecule has 0 saturated carbocycles. The number of aliphatic hydroxyl groups is 1. The molecular weight excluding hydrogens is 365 g/mol. The van der Waals surface area contributed by atoms with Gasteiger partial charge in [-0.05, 0) is 31.0 Å². The Morgan fingerprint density at radius 2 is 1.89 bits per heavy atom. The maximum Gasteiger partial charge on any atom is 0.433 e. The summed E-state index contributed by atoms with van der Waals surface area (Å²) in [6.07, 6.45) is -6.84. The predicted molar refractivity (Wildman–Crippen MR) is 89.0 cm³/mol. The number of methoxy groups -OCH3 is 1. The zero-order valence-corrected chi connectivity index (χ0v) is 14.9. The maximum atomic E-state index is 13.2. The Kier molecular flexibility index (Phi) is 6.37. The molecule has 2 rings (SSSR count). The molecule has 0 aliphatic carbocycles. The highest BCUT2D eigenvalue weighted by molar-refractivity contribution is 5.73. The Hall–Kier alpha value is -2.68. The van der Waals surface area contributed by atoms with Crippen molar-refractivity contribution >= 4 is 5.97 Å². The number of alkyl halides is 3. The van der Waals surface area contributed by atoms with Crippen molar-refractivity contribution < 1.29 is 32.5 Å². The predicted octanol–water partition coefficient (Wildman–Crippen LogP) is 3.08. The number of carbonyl (C=O) groups excluding carboxylic acids is 1. The van der Waals surface area contributed by atoms with Gasteiger partial charge < -0.3 is 14.6 Å². The quantitative estimate of drug-likeness (QED) is 0.771. The van der Waals surface area contributed by atoms with Gasteiger partial charge >= 0.3 is 18.2 Å². The average molecular weight is 384 g/mol. The van der Waals surface area contributed by atoms with Crippen molar-refractivity contribution in [2.75, 3.05) is 7.11 Å². The summed E-state index contributed by atoms with van der Waals surface area (Å²) < 4.78 is 49.3. The van der Waals surface area contributed by atoms with Gasteiger partial charge in [-0.2, -0.15) is 23.1 Å². The van der Waals surface area contributed by atoms with E-state index >= 15 is 0 Å². The van der Waals surface area contributed by atoms with Crippen molar-refractivity contribution in [1.82, 2.24) is 9.97 Å². The van der Waals surface area contributed by atoms with Gasteiger partial charge in [-0.1, -0.05) is 24.3 Å². The SMILES string of the molecule is COC(=O)Cc1ccccc1C(O)c1cc(C(F)(F)F)nc(OC(C)C)n1. The van der Waals surface area contributed by atoms with Gasteiger partial charge in [0.05, 0.1) is 25.3 Å². The molecule has 146 valence electrons. The van der Waals surface area contributed by atoms with Crippen LogP contribution in [0.3, 0.4) is 0 Å². The van der Waals surface area contributed by atoms with Crippen LogP contribution in [-0.2, 0) is 22.1 Å². The minimum Gasteiger partial charge on any atom is -0.469 e. The van der Waals surface area contributed by atoms with Crippen molar-refractivity contribution in [3.05, 3.63) is 52.8 Å². The summed E-state index contributed by atoms with van der Waals surface area (Å²) >= 11 is 0. The molecule has 1 N–H and O–H groups in total. The van der Waals surface area contributed by atoms with E-state index in [-0.39, 0.29) is 17.7 Å². The normalized spacial score (nSPS) is 12.7. The summed E-state index contributed by atoms with van der Waals surface area (Å²) in [7, 11) is 1.22. The maximum absolute atomic E-state index is 13.2. The van der Waals surface area contributed by atoms with Crippen LogP contribution in [0.2, 0.25) is 0 Å². The first-order valence-electron chi connectivity index (χ1n) is 8.07. The van der Waals surface area contributed by atoms with E-state index in [9.17, 15) is 23.1 Å². The minimum absolute atomic E-state index is 0.143. The number of hydrogen-bond donors (Lipinski definition) is 1. The molecule has 0 fully saturated rings. The number of hydrogen-bond acceptors (Lipinski definition) is 6. The van der Waals surface area contributed by atoms with Crippen molar-refractivity contribution in [3.63, 3.8) is 0 Å². The highest BCUT2D eigenvalue weighted by atomic mass is 19.4. The van der Waals surface area contributed by atoms with Crippen molar-refractivity contribution in [2.24, 2.45) is 0 Å². The zero-order chi connectivity index (χ0) is 20.2. The van der Waals surface area contributed by atoms with Crippen LogP contribution < -0.4 is 4.74 Å². The third-order valence-corrected chi connectivity index (χ3v) is 3.55. The number of benzene rings is 1. The summed E-state index contributed by atoms with van der Waals surface area (Å²) in [5.41, 5.74) is -0.862. The summed E-state index contributed by atoms with van der Waals surface area (Å²) in [6, 6.07) is 6.49. The highest BCUT2D eigenvalue weighted by Crippen LogP contribution is 2.32. The second-order valence-corrected chi connectivity index (χ2v) is 5.98. The Balaban J connectivity index is 2.49. The molecule has 1 heterocycles. The van der Waals surface area contributed by atoms with Crippen LogP contribution in [0.25, 0.3) is 0 Å². The van der Waals surface area contributed by atoms with E-state index in [0.717, 1.165) is 0 Å². The monoisotopic (exact) mass is 384 g/mol. The number of ether oxygens (including phenoxy) is 2. The highest BCUT2D eigenvalue weighted by Gasteiger charge is 2.35. The smallest absolute Gasteiger partial charge is 0.433 e. The molecule has 0 saturated heterocycles. The first-order chi connectivity index (χ1) is 12.6. The lowest BCUT2D eigenvalue weighted by Gasteiger charge is -2.18. The lowest BCUT2D eigenvalue weighted by Crippen LogP contribution is -2.17. The Morgan fingerprint density at radius 1 is 1.22 bits per heavy atom. The molecule has 0 spiro atoms. The molecule has 9 heteroatoms. The number of esters is 1. The second kappa shape index (κ2) is 8.34. The molecule has 0 aliphatic heterocycles.